The summed E-state index contributed by atoms with van der Waals surface area (Å²) in [6, 6.07) is -0.931. The quantitative estimate of drug-likeness (QED) is 0.722. The first-order chi connectivity index (χ1) is 11.1. The van der Waals surface area contributed by atoms with E-state index in [2.05, 4.69) is 5.32 Å². The summed E-state index contributed by atoms with van der Waals surface area (Å²) in [5.74, 6) is -1.63. The number of hydrogen-bond donors (Lipinski definition) is 2. The van der Waals surface area contributed by atoms with E-state index in [1.165, 1.54) is 0 Å². The highest BCUT2D eigenvalue weighted by atomic mass is 16.5. The monoisotopic (exact) mass is 329 g/mol. The minimum Gasteiger partial charge on any atom is -0.480 e. The van der Waals surface area contributed by atoms with Gasteiger partial charge in [-0.05, 0) is 39.0 Å². The molecule has 0 aromatic carbocycles. The van der Waals surface area contributed by atoms with Gasteiger partial charge >= 0.3 is 5.97 Å². The molecule has 2 fully saturated rings. The van der Waals surface area contributed by atoms with E-state index in [0.29, 0.717) is 19.8 Å². The lowest BCUT2D eigenvalue weighted by atomic mass is 9.93. The van der Waals surface area contributed by atoms with Crippen LogP contribution in [0.5, 0.6) is 0 Å². The van der Waals surface area contributed by atoms with Gasteiger partial charge in [-0.3, -0.25) is 4.79 Å². The molecule has 4 unspecified atom stereocenters. The fourth-order valence-electron chi connectivity index (χ4n) is 2.95. The molecule has 2 heterocycles. The molecule has 2 saturated heterocycles. The van der Waals surface area contributed by atoms with E-state index in [1.54, 1.807) is 6.92 Å². The maximum absolute atomic E-state index is 12.2. The lowest BCUT2D eigenvalue weighted by molar-refractivity contribution is -0.148. The van der Waals surface area contributed by atoms with Gasteiger partial charge in [0.2, 0.25) is 5.91 Å². The fourth-order valence-corrected chi connectivity index (χ4v) is 2.95. The van der Waals surface area contributed by atoms with Gasteiger partial charge in [-0.2, -0.15) is 0 Å². The maximum Gasteiger partial charge on any atom is 0.326 e. The summed E-state index contributed by atoms with van der Waals surface area (Å²) in [6.45, 7) is 3.74. The zero-order valence-electron chi connectivity index (χ0n) is 13.7. The number of nitrogens with one attached hydrogen (secondary N) is 1. The molecule has 2 N–H and O–H groups in total. The zero-order chi connectivity index (χ0) is 16.7. The second-order valence-corrected chi connectivity index (χ2v) is 6.27. The average Bonchev–Trinajstić information content (AvgIpc) is 2.58. The smallest absolute Gasteiger partial charge is 0.326 e. The molecule has 0 aromatic heterocycles. The van der Waals surface area contributed by atoms with Crippen molar-refractivity contribution in [3.63, 3.8) is 0 Å². The molecule has 132 valence electrons. The Kier molecular flexibility index (Phi) is 7.26. The number of hydrogen-bond acceptors (Lipinski definition) is 5. The number of rotatable bonds is 7. The molecule has 0 radical (unpaired) electrons. The number of carbonyl (C=O) groups excluding carboxylic acids is 1. The standard InChI is InChI=1S/C16H27NO6/c1-11(23-10-13-6-2-3-8-22-13)15(18)17-14(16(19)20)12-5-4-7-21-9-12/h11-14H,2-10H2,1H3,(H,17,18)(H,19,20). The van der Waals surface area contributed by atoms with Gasteiger partial charge in [0, 0.05) is 19.1 Å². The molecule has 7 heteroatoms. The summed E-state index contributed by atoms with van der Waals surface area (Å²) in [7, 11) is 0. The highest BCUT2D eigenvalue weighted by Gasteiger charge is 2.32. The number of carboxylic acid groups (broad SMARTS) is 1. The van der Waals surface area contributed by atoms with Crippen LogP contribution in [0, 0.1) is 5.92 Å². The van der Waals surface area contributed by atoms with Crippen molar-refractivity contribution in [1.82, 2.24) is 5.32 Å². The van der Waals surface area contributed by atoms with Crippen molar-refractivity contribution in [3.8, 4) is 0 Å². The lowest BCUT2D eigenvalue weighted by Gasteiger charge is -2.29. The second kappa shape index (κ2) is 9.20. The Morgan fingerprint density at radius 2 is 2.09 bits per heavy atom. The van der Waals surface area contributed by atoms with Crippen LogP contribution in [-0.4, -0.2) is 61.7 Å². The molecule has 0 bridgehead atoms. The second-order valence-electron chi connectivity index (χ2n) is 6.27. The molecular weight excluding hydrogens is 302 g/mol. The van der Waals surface area contributed by atoms with E-state index in [1.807, 2.05) is 0 Å². The molecule has 0 spiro atoms. The summed E-state index contributed by atoms with van der Waals surface area (Å²) in [6.07, 6.45) is 3.99. The van der Waals surface area contributed by atoms with Crippen LogP contribution in [0.15, 0.2) is 0 Å². The molecular formula is C16H27NO6. The van der Waals surface area contributed by atoms with Crippen molar-refractivity contribution in [1.29, 1.82) is 0 Å². The van der Waals surface area contributed by atoms with Crippen molar-refractivity contribution in [2.75, 3.05) is 26.4 Å². The first-order valence-electron chi connectivity index (χ1n) is 8.42. The topological polar surface area (TPSA) is 94.1 Å². The summed E-state index contributed by atoms with van der Waals surface area (Å²) in [5, 5.41) is 11.9. The third-order valence-electron chi connectivity index (χ3n) is 4.41. The van der Waals surface area contributed by atoms with E-state index in [9.17, 15) is 14.7 Å². The number of aliphatic carboxylic acids is 1. The van der Waals surface area contributed by atoms with Gasteiger partial charge in [-0.1, -0.05) is 0 Å². The third-order valence-corrected chi connectivity index (χ3v) is 4.41. The van der Waals surface area contributed by atoms with Crippen LogP contribution in [-0.2, 0) is 23.8 Å². The van der Waals surface area contributed by atoms with E-state index < -0.39 is 24.0 Å². The molecule has 0 saturated carbocycles. The number of ether oxygens (including phenoxy) is 3. The Labute approximate surface area is 136 Å². The predicted molar refractivity (Wildman–Crippen MR) is 82.1 cm³/mol. The Morgan fingerprint density at radius 1 is 1.26 bits per heavy atom. The minimum atomic E-state index is -1.03. The summed E-state index contributed by atoms with van der Waals surface area (Å²) in [4.78, 5) is 23.6. The SMILES string of the molecule is CC(OCC1CCCCO1)C(=O)NC(C(=O)O)C1CCCOC1. The highest BCUT2D eigenvalue weighted by Crippen LogP contribution is 2.18. The average molecular weight is 329 g/mol. The van der Waals surface area contributed by atoms with E-state index in [-0.39, 0.29) is 12.0 Å². The van der Waals surface area contributed by atoms with Crippen molar-refractivity contribution in [2.24, 2.45) is 5.92 Å². The van der Waals surface area contributed by atoms with E-state index >= 15 is 0 Å². The molecule has 1 amide bonds. The molecule has 4 atom stereocenters. The Morgan fingerprint density at radius 3 is 2.70 bits per heavy atom. The normalized spacial score (nSPS) is 27.9. The third kappa shape index (κ3) is 5.75. The summed E-state index contributed by atoms with van der Waals surface area (Å²) < 4.78 is 16.4. The van der Waals surface area contributed by atoms with Crippen molar-refractivity contribution in [3.05, 3.63) is 0 Å². The largest absolute Gasteiger partial charge is 0.480 e. The minimum absolute atomic E-state index is 0.0287. The van der Waals surface area contributed by atoms with Crippen LogP contribution in [0.1, 0.15) is 39.0 Å². The van der Waals surface area contributed by atoms with Gasteiger partial charge in [-0.25, -0.2) is 4.79 Å². The molecule has 0 aromatic rings. The van der Waals surface area contributed by atoms with Gasteiger partial charge in [-0.15, -0.1) is 0 Å². The van der Waals surface area contributed by atoms with Crippen LogP contribution in [0.2, 0.25) is 0 Å². The molecule has 2 aliphatic heterocycles. The van der Waals surface area contributed by atoms with Crippen LogP contribution in [0.25, 0.3) is 0 Å². The molecule has 23 heavy (non-hydrogen) atoms. The molecule has 0 aliphatic carbocycles. The fraction of sp³-hybridized carbons (Fsp3) is 0.875. The van der Waals surface area contributed by atoms with E-state index in [0.717, 1.165) is 38.7 Å². The lowest BCUT2D eigenvalue weighted by Crippen LogP contribution is -2.51. The van der Waals surface area contributed by atoms with Crippen LogP contribution in [0.3, 0.4) is 0 Å². The van der Waals surface area contributed by atoms with E-state index in [4.69, 9.17) is 14.2 Å². The van der Waals surface area contributed by atoms with Crippen LogP contribution in [0.4, 0.5) is 0 Å². The van der Waals surface area contributed by atoms with Gasteiger partial charge in [0.25, 0.3) is 0 Å². The van der Waals surface area contributed by atoms with Crippen molar-refractivity contribution < 1.29 is 28.9 Å². The van der Waals surface area contributed by atoms with Crippen LogP contribution >= 0.6 is 0 Å². The van der Waals surface area contributed by atoms with Gasteiger partial charge < -0.3 is 24.6 Å². The Bertz CT molecular complexity index is 390. The van der Waals surface area contributed by atoms with Crippen molar-refractivity contribution >= 4 is 11.9 Å². The van der Waals surface area contributed by atoms with Crippen molar-refractivity contribution in [2.45, 2.75) is 57.3 Å². The van der Waals surface area contributed by atoms with Gasteiger partial charge in [0.15, 0.2) is 0 Å². The molecule has 7 nitrogen and oxygen atoms in total. The number of amides is 1. The Hall–Kier alpha value is -1.18. The zero-order valence-corrected chi connectivity index (χ0v) is 13.7. The molecule has 2 aliphatic rings. The highest BCUT2D eigenvalue weighted by molar-refractivity contribution is 5.86. The van der Waals surface area contributed by atoms with Gasteiger partial charge in [0.1, 0.15) is 12.1 Å². The Balaban J connectivity index is 1.78. The van der Waals surface area contributed by atoms with Gasteiger partial charge in [0.05, 0.1) is 19.3 Å². The first-order valence-corrected chi connectivity index (χ1v) is 8.42. The molecule has 2 rings (SSSR count). The number of carbonyl (C=O) groups is 2. The van der Waals surface area contributed by atoms with Crippen LogP contribution < -0.4 is 5.32 Å². The summed E-state index contributed by atoms with van der Waals surface area (Å²) >= 11 is 0. The summed E-state index contributed by atoms with van der Waals surface area (Å²) in [5.41, 5.74) is 0. The first kappa shape index (κ1) is 18.2. The maximum atomic E-state index is 12.2. The number of carboxylic acids is 1. The predicted octanol–water partition coefficient (Wildman–Crippen LogP) is 0.957.